The lowest BCUT2D eigenvalue weighted by Crippen LogP contribution is -2.36. The highest BCUT2D eigenvalue weighted by Gasteiger charge is 2.12. The highest BCUT2D eigenvalue weighted by molar-refractivity contribution is 5.78. The van der Waals surface area contributed by atoms with Gasteiger partial charge in [-0.3, -0.25) is 9.69 Å². The van der Waals surface area contributed by atoms with E-state index in [0.29, 0.717) is 6.54 Å². The van der Waals surface area contributed by atoms with Crippen molar-refractivity contribution in [2.75, 3.05) is 13.6 Å². The van der Waals surface area contributed by atoms with E-state index in [0.717, 1.165) is 11.1 Å². The van der Waals surface area contributed by atoms with Gasteiger partial charge in [0, 0.05) is 6.54 Å². The zero-order valence-electron chi connectivity index (χ0n) is 14.3. The van der Waals surface area contributed by atoms with E-state index in [-0.39, 0.29) is 24.2 Å². The van der Waals surface area contributed by atoms with Crippen LogP contribution in [0.5, 0.6) is 5.75 Å². The van der Waals surface area contributed by atoms with Crippen LogP contribution in [0, 0.1) is 0 Å². The first-order valence-corrected chi connectivity index (χ1v) is 8.00. The molecule has 2 rings (SSSR count). The van der Waals surface area contributed by atoms with Crippen molar-refractivity contribution in [2.45, 2.75) is 26.1 Å². The number of benzene rings is 2. The predicted octanol–water partition coefficient (Wildman–Crippen LogP) is 3.60. The minimum absolute atomic E-state index is 0.0621. The number of hydrogen-bond acceptors (Lipinski definition) is 3. The van der Waals surface area contributed by atoms with Crippen LogP contribution in [0.4, 0.5) is 8.78 Å². The topological polar surface area (TPSA) is 41.6 Å². The molecule has 0 aliphatic heterocycles. The molecule has 1 amide bonds. The number of carbonyl (C=O) groups excluding carboxylic acids is 1. The zero-order valence-corrected chi connectivity index (χ0v) is 14.3. The van der Waals surface area contributed by atoms with Crippen LogP contribution < -0.4 is 10.1 Å². The number of rotatable bonds is 8. The van der Waals surface area contributed by atoms with Crippen molar-refractivity contribution >= 4 is 5.91 Å². The van der Waals surface area contributed by atoms with Crippen LogP contribution in [0.2, 0.25) is 0 Å². The van der Waals surface area contributed by atoms with E-state index in [4.69, 9.17) is 0 Å². The van der Waals surface area contributed by atoms with Gasteiger partial charge >= 0.3 is 6.61 Å². The molecule has 6 heteroatoms. The minimum Gasteiger partial charge on any atom is -0.435 e. The molecule has 0 saturated heterocycles. The van der Waals surface area contributed by atoms with Gasteiger partial charge in [0.1, 0.15) is 5.75 Å². The fourth-order valence-corrected chi connectivity index (χ4v) is 2.50. The SMILES string of the molecule is CC(NC(=O)CN(C)Cc1ccc(OC(F)F)cc1)c1ccccc1. The van der Waals surface area contributed by atoms with Crippen LogP contribution in [-0.2, 0) is 11.3 Å². The number of hydrogen-bond donors (Lipinski definition) is 1. The Kier molecular flexibility index (Phi) is 6.89. The van der Waals surface area contributed by atoms with Crippen molar-refractivity contribution in [3.05, 3.63) is 65.7 Å². The van der Waals surface area contributed by atoms with Gasteiger partial charge in [-0.15, -0.1) is 0 Å². The van der Waals surface area contributed by atoms with Crippen LogP contribution in [-0.4, -0.2) is 31.0 Å². The van der Waals surface area contributed by atoms with Crippen LogP contribution >= 0.6 is 0 Å². The predicted molar refractivity (Wildman–Crippen MR) is 92.4 cm³/mol. The lowest BCUT2D eigenvalue weighted by atomic mass is 10.1. The summed E-state index contributed by atoms with van der Waals surface area (Å²) in [5, 5.41) is 2.96. The van der Waals surface area contributed by atoms with Crippen molar-refractivity contribution in [1.29, 1.82) is 0 Å². The van der Waals surface area contributed by atoms with Crippen molar-refractivity contribution in [1.82, 2.24) is 10.2 Å². The molecule has 0 aliphatic carbocycles. The monoisotopic (exact) mass is 348 g/mol. The smallest absolute Gasteiger partial charge is 0.387 e. The summed E-state index contributed by atoms with van der Waals surface area (Å²) in [4.78, 5) is 14.0. The normalized spacial score (nSPS) is 12.2. The second-order valence-electron chi connectivity index (χ2n) is 5.89. The molecular weight excluding hydrogens is 326 g/mol. The lowest BCUT2D eigenvalue weighted by Gasteiger charge is -2.19. The first-order chi connectivity index (χ1) is 11.9. The van der Waals surface area contributed by atoms with Crippen molar-refractivity contribution in [3.8, 4) is 5.75 Å². The van der Waals surface area contributed by atoms with E-state index in [1.165, 1.54) is 12.1 Å². The third-order valence-electron chi connectivity index (χ3n) is 3.69. The van der Waals surface area contributed by atoms with Gasteiger partial charge in [0.05, 0.1) is 12.6 Å². The Morgan fingerprint density at radius 1 is 1.12 bits per heavy atom. The van der Waals surface area contributed by atoms with Gasteiger partial charge in [0.25, 0.3) is 0 Å². The third kappa shape index (κ3) is 6.51. The van der Waals surface area contributed by atoms with Gasteiger partial charge in [-0.1, -0.05) is 42.5 Å². The molecule has 1 atom stereocenters. The summed E-state index contributed by atoms with van der Waals surface area (Å²) in [5.41, 5.74) is 1.96. The van der Waals surface area contributed by atoms with Gasteiger partial charge in [-0.05, 0) is 37.2 Å². The molecule has 0 aliphatic rings. The maximum Gasteiger partial charge on any atom is 0.387 e. The number of nitrogens with zero attached hydrogens (tertiary/aromatic N) is 1. The summed E-state index contributed by atoms with van der Waals surface area (Å²) in [6.45, 7) is -0.118. The number of carbonyl (C=O) groups is 1. The molecule has 2 aromatic carbocycles. The maximum atomic E-state index is 12.1. The molecule has 1 unspecified atom stereocenters. The second kappa shape index (κ2) is 9.13. The maximum absolute atomic E-state index is 12.1. The quantitative estimate of drug-likeness (QED) is 0.793. The Hall–Kier alpha value is -2.47. The van der Waals surface area contributed by atoms with Crippen LogP contribution in [0.15, 0.2) is 54.6 Å². The Labute approximate surface area is 146 Å². The average molecular weight is 348 g/mol. The molecule has 0 aromatic heterocycles. The Morgan fingerprint density at radius 2 is 1.76 bits per heavy atom. The summed E-state index contributed by atoms with van der Waals surface area (Å²) in [6, 6.07) is 16.1. The second-order valence-corrected chi connectivity index (χ2v) is 5.89. The molecule has 0 saturated carbocycles. The van der Waals surface area contributed by atoms with Gasteiger partial charge in [0.2, 0.25) is 5.91 Å². The lowest BCUT2D eigenvalue weighted by molar-refractivity contribution is -0.122. The van der Waals surface area contributed by atoms with Gasteiger partial charge in [-0.25, -0.2) is 0 Å². The Balaban J connectivity index is 1.81. The number of halogens is 2. The molecule has 0 spiro atoms. The Bertz CT molecular complexity index is 663. The molecule has 0 fully saturated rings. The van der Waals surface area contributed by atoms with E-state index in [1.54, 1.807) is 12.1 Å². The van der Waals surface area contributed by atoms with Gasteiger partial charge < -0.3 is 10.1 Å². The molecular formula is C19H22F2N2O2. The molecule has 0 bridgehead atoms. The molecule has 4 nitrogen and oxygen atoms in total. The summed E-state index contributed by atoms with van der Waals surface area (Å²) in [7, 11) is 1.83. The minimum atomic E-state index is -2.83. The molecule has 2 aromatic rings. The largest absolute Gasteiger partial charge is 0.435 e. The van der Waals surface area contributed by atoms with E-state index in [2.05, 4.69) is 10.1 Å². The van der Waals surface area contributed by atoms with Gasteiger partial charge in [0.15, 0.2) is 0 Å². The first-order valence-electron chi connectivity index (χ1n) is 8.00. The summed E-state index contributed by atoms with van der Waals surface area (Å²) < 4.78 is 28.6. The van der Waals surface area contributed by atoms with Crippen molar-refractivity contribution in [3.63, 3.8) is 0 Å². The first kappa shape index (κ1) is 18.9. The zero-order chi connectivity index (χ0) is 18.2. The van der Waals surface area contributed by atoms with E-state index < -0.39 is 6.61 Å². The molecule has 0 radical (unpaired) electrons. The fourth-order valence-electron chi connectivity index (χ4n) is 2.50. The third-order valence-corrected chi connectivity index (χ3v) is 3.69. The Morgan fingerprint density at radius 3 is 2.36 bits per heavy atom. The number of ether oxygens (including phenoxy) is 1. The van der Waals surface area contributed by atoms with Gasteiger partial charge in [-0.2, -0.15) is 8.78 Å². The van der Waals surface area contributed by atoms with E-state index in [9.17, 15) is 13.6 Å². The van der Waals surface area contributed by atoms with E-state index in [1.807, 2.05) is 49.2 Å². The average Bonchev–Trinajstić information content (AvgIpc) is 2.56. The number of likely N-dealkylation sites (N-methyl/N-ethyl adjacent to an activating group) is 1. The standard InChI is InChI=1S/C19H22F2N2O2/c1-14(16-6-4-3-5-7-16)22-18(24)13-23(2)12-15-8-10-17(11-9-15)25-19(20)21/h3-11,14,19H,12-13H2,1-2H3,(H,22,24). The van der Waals surface area contributed by atoms with Crippen LogP contribution in [0.1, 0.15) is 24.1 Å². The van der Waals surface area contributed by atoms with Crippen molar-refractivity contribution in [2.24, 2.45) is 0 Å². The number of nitrogens with one attached hydrogen (secondary N) is 1. The highest BCUT2D eigenvalue weighted by atomic mass is 19.3. The fraction of sp³-hybridized carbons (Fsp3) is 0.316. The molecule has 25 heavy (non-hydrogen) atoms. The molecule has 134 valence electrons. The number of amides is 1. The highest BCUT2D eigenvalue weighted by Crippen LogP contribution is 2.16. The molecule has 1 N–H and O–H groups in total. The summed E-state index contributed by atoms with van der Waals surface area (Å²) >= 11 is 0. The summed E-state index contributed by atoms with van der Waals surface area (Å²) in [5.74, 6) is 0.0485. The number of alkyl halides is 2. The van der Waals surface area contributed by atoms with Crippen LogP contribution in [0.3, 0.4) is 0 Å². The molecule has 0 heterocycles. The van der Waals surface area contributed by atoms with E-state index >= 15 is 0 Å². The van der Waals surface area contributed by atoms with Crippen LogP contribution in [0.25, 0.3) is 0 Å². The summed E-state index contributed by atoms with van der Waals surface area (Å²) in [6.07, 6.45) is 0. The van der Waals surface area contributed by atoms with Crippen molar-refractivity contribution < 1.29 is 18.3 Å².